The Bertz CT molecular complexity index is 1360. The number of carbonyl (C=O) groups is 1. The molecular weight excluding hydrogens is 448 g/mol. The van der Waals surface area contributed by atoms with E-state index < -0.39 is 15.9 Å². The lowest BCUT2D eigenvalue weighted by Gasteiger charge is -2.24. The van der Waals surface area contributed by atoms with E-state index in [1.54, 1.807) is 60.8 Å². The fraction of sp³-hybridized carbons (Fsp3) is 0.154. The zero-order valence-corrected chi connectivity index (χ0v) is 19.9. The number of anilines is 1. The van der Waals surface area contributed by atoms with Crippen LogP contribution < -0.4 is 9.62 Å². The van der Waals surface area contributed by atoms with Gasteiger partial charge in [-0.1, -0.05) is 48.0 Å². The largest absolute Gasteiger partial charge is 0.350 e. The molecule has 0 unspecified atom stereocenters. The van der Waals surface area contributed by atoms with Gasteiger partial charge < -0.3 is 9.88 Å². The molecule has 174 valence electrons. The van der Waals surface area contributed by atoms with Crippen molar-refractivity contribution in [1.29, 1.82) is 0 Å². The summed E-state index contributed by atoms with van der Waals surface area (Å²) < 4.78 is 29.8. The highest BCUT2D eigenvalue weighted by Gasteiger charge is 2.27. The molecule has 4 rings (SSSR count). The van der Waals surface area contributed by atoms with Gasteiger partial charge in [-0.25, -0.2) is 13.4 Å². The Labute approximate surface area is 199 Å². The zero-order valence-electron chi connectivity index (χ0n) is 19.0. The summed E-state index contributed by atoms with van der Waals surface area (Å²) in [7, 11) is -3.92. The SMILES string of the molecule is Cc1ccc(S(=O)(=O)N(CC(=O)NCc2ccc(-n3ccnc3C)cc2)c2ccccc2)cc1. The number of benzene rings is 3. The van der Waals surface area contributed by atoms with Crippen LogP contribution in [-0.4, -0.2) is 30.4 Å². The number of hydrogen-bond donors (Lipinski definition) is 1. The predicted octanol–water partition coefficient (Wildman–Crippen LogP) is 4.00. The normalized spacial score (nSPS) is 11.2. The van der Waals surface area contributed by atoms with Crippen LogP contribution in [0, 0.1) is 13.8 Å². The van der Waals surface area contributed by atoms with Gasteiger partial charge in [0.1, 0.15) is 12.4 Å². The van der Waals surface area contributed by atoms with E-state index in [1.807, 2.05) is 48.9 Å². The van der Waals surface area contributed by atoms with E-state index in [0.29, 0.717) is 5.69 Å². The summed E-state index contributed by atoms with van der Waals surface area (Å²) in [5.74, 6) is 0.492. The number of nitrogens with zero attached hydrogens (tertiary/aromatic N) is 3. The first-order chi connectivity index (χ1) is 16.3. The van der Waals surface area contributed by atoms with Crippen molar-refractivity contribution in [2.45, 2.75) is 25.3 Å². The van der Waals surface area contributed by atoms with Gasteiger partial charge in [-0.05, 0) is 55.8 Å². The number of hydrogen-bond acceptors (Lipinski definition) is 4. The van der Waals surface area contributed by atoms with Crippen LogP contribution in [0.3, 0.4) is 0 Å². The molecule has 0 saturated heterocycles. The molecule has 1 N–H and O–H groups in total. The Morgan fingerprint density at radius 2 is 1.62 bits per heavy atom. The summed E-state index contributed by atoms with van der Waals surface area (Å²) in [4.78, 5) is 17.2. The third kappa shape index (κ3) is 5.18. The quantitative estimate of drug-likeness (QED) is 0.418. The number of imidazole rings is 1. The summed E-state index contributed by atoms with van der Waals surface area (Å²) in [5.41, 5.74) is 3.27. The van der Waals surface area contributed by atoms with Crippen molar-refractivity contribution in [2.24, 2.45) is 0 Å². The lowest BCUT2D eigenvalue weighted by molar-refractivity contribution is -0.119. The van der Waals surface area contributed by atoms with Crippen molar-refractivity contribution < 1.29 is 13.2 Å². The average molecular weight is 475 g/mol. The van der Waals surface area contributed by atoms with Crippen LogP contribution in [0.4, 0.5) is 5.69 Å². The van der Waals surface area contributed by atoms with Crippen LogP contribution in [0.1, 0.15) is 17.0 Å². The molecule has 0 atom stereocenters. The van der Waals surface area contributed by atoms with E-state index >= 15 is 0 Å². The van der Waals surface area contributed by atoms with Gasteiger partial charge >= 0.3 is 0 Å². The fourth-order valence-corrected chi connectivity index (χ4v) is 4.98. The van der Waals surface area contributed by atoms with Gasteiger partial charge in [-0.15, -0.1) is 0 Å². The van der Waals surface area contributed by atoms with Crippen LogP contribution in [0.2, 0.25) is 0 Å². The first-order valence-corrected chi connectivity index (χ1v) is 12.3. The lowest BCUT2D eigenvalue weighted by atomic mass is 10.2. The van der Waals surface area contributed by atoms with Gasteiger partial charge in [0, 0.05) is 24.6 Å². The van der Waals surface area contributed by atoms with E-state index in [2.05, 4.69) is 10.3 Å². The molecule has 7 nitrogen and oxygen atoms in total. The predicted molar refractivity (Wildman–Crippen MR) is 132 cm³/mol. The second-order valence-corrected chi connectivity index (χ2v) is 9.81. The molecule has 8 heteroatoms. The molecule has 34 heavy (non-hydrogen) atoms. The number of sulfonamides is 1. The van der Waals surface area contributed by atoms with Crippen molar-refractivity contribution in [3.8, 4) is 5.69 Å². The number of aryl methyl sites for hydroxylation is 2. The number of aromatic nitrogens is 2. The molecule has 1 aromatic heterocycles. The molecule has 0 saturated carbocycles. The maximum atomic E-state index is 13.4. The van der Waals surface area contributed by atoms with Crippen LogP contribution in [0.5, 0.6) is 0 Å². The number of para-hydroxylation sites is 1. The van der Waals surface area contributed by atoms with Crippen LogP contribution in [0.25, 0.3) is 5.69 Å². The molecule has 0 aliphatic rings. The standard InChI is InChI=1S/C26H26N4O3S/c1-20-8-14-25(15-9-20)34(32,33)30(24-6-4-3-5-7-24)19-26(31)28-18-22-10-12-23(13-11-22)29-17-16-27-21(29)2/h3-17H,18-19H2,1-2H3,(H,28,31). The Morgan fingerprint density at radius 3 is 2.24 bits per heavy atom. The second-order valence-electron chi connectivity index (χ2n) is 7.95. The van der Waals surface area contributed by atoms with E-state index in [1.165, 1.54) is 0 Å². The first-order valence-electron chi connectivity index (χ1n) is 10.8. The highest BCUT2D eigenvalue weighted by molar-refractivity contribution is 7.92. The number of nitrogens with one attached hydrogen (secondary N) is 1. The van der Waals surface area contributed by atoms with Crippen molar-refractivity contribution >= 4 is 21.6 Å². The average Bonchev–Trinajstić information content (AvgIpc) is 3.28. The minimum absolute atomic E-state index is 0.139. The maximum Gasteiger partial charge on any atom is 0.264 e. The van der Waals surface area contributed by atoms with E-state index in [-0.39, 0.29) is 18.0 Å². The minimum Gasteiger partial charge on any atom is -0.350 e. The molecule has 0 aliphatic heterocycles. The number of rotatable bonds is 8. The third-order valence-corrected chi connectivity index (χ3v) is 7.26. The van der Waals surface area contributed by atoms with Crippen molar-refractivity contribution in [2.75, 3.05) is 10.8 Å². The van der Waals surface area contributed by atoms with Gasteiger partial charge in [0.05, 0.1) is 10.6 Å². The summed E-state index contributed by atoms with van der Waals surface area (Å²) >= 11 is 0. The van der Waals surface area contributed by atoms with Gasteiger partial charge in [-0.2, -0.15) is 0 Å². The summed E-state index contributed by atoms with van der Waals surface area (Å²) in [6.45, 7) is 3.78. The Kier molecular flexibility index (Phi) is 6.79. The second kappa shape index (κ2) is 9.93. The monoisotopic (exact) mass is 474 g/mol. The van der Waals surface area contributed by atoms with Crippen LogP contribution in [-0.2, 0) is 21.4 Å². The van der Waals surface area contributed by atoms with E-state index in [9.17, 15) is 13.2 Å². The van der Waals surface area contributed by atoms with Gasteiger partial charge in [0.25, 0.3) is 10.0 Å². The van der Waals surface area contributed by atoms with Gasteiger partial charge in [-0.3, -0.25) is 9.10 Å². The highest BCUT2D eigenvalue weighted by Crippen LogP contribution is 2.23. The molecule has 0 bridgehead atoms. The highest BCUT2D eigenvalue weighted by atomic mass is 32.2. The van der Waals surface area contributed by atoms with E-state index in [4.69, 9.17) is 0 Å². The summed E-state index contributed by atoms with van der Waals surface area (Å²) in [6.07, 6.45) is 3.63. The van der Waals surface area contributed by atoms with Crippen LogP contribution in [0.15, 0.2) is 96.2 Å². The number of carbonyl (C=O) groups excluding carboxylic acids is 1. The van der Waals surface area contributed by atoms with Gasteiger partial charge in [0.15, 0.2) is 0 Å². The topological polar surface area (TPSA) is 84.3 Å². The molecule has 3 aromatic carbocycles. The molecule has 0 aliphatic carbocycles. The van der Waals surface area contributed by atoms with E-state index in [0.717, 1.165) is 26.9 Å². The van der Waals surface area contributed by atoms with Crippen molar-refractivity contribution in [3.63, 3.8) is 0 Å². The molecule has 0 fully saturated rings. The number of amides is 1. The Hall–Kier alpha value is -3.91. The molecule has 4 aromatic rings. The minimum atomic E-state index is -3.92. The van der Waals surface area contributed by atoms with Crippen LogP contribution >= 0.6 is 0 Å². The molecule has 1 amide bonds. The molecule has 0 spiro atoms. The molecule has 1 heterocycles. The lowest BCUT2D eigenvalue weighted by Crippen LogP contribution is -2.40. The Morgan fingerprint density at radius 1 is 0.941 bits per heavy atom. The summed E-state index contributed by atoms with van der Waals surface area (Å²) in [6, 6.07) is 23.0. The summed E-state index contributed by atoms with van der Waals surface area (Å²) in [5, 5.41) is 2.83. The Balaban J connectivity index is 1.48. The fourth-order valence-electron chi connectivity index (χ4n) is 3.56. The molecular formula is C26H26N4O3S. The zero-order chi connectivity index (χ0) is 24.1. The maximum absolute atomic E-state index is 13.4. The van der Waals surface area contributed by atoms with Crippen molar-refractivity contribution in [1.82, 2.24) is 14.9 Å². The first kappa shape index (κ1) is 23.3. The smallest absolute Gasteiger partial charge is 0.264 e. The van der Waals surface area contributed by atoms with Crippen molar-refractivity contribution in [3.05, 3.63) is 108 Å². The third-order valence-electron chi connectivity index (χ3n) is 5.47. The van der Waals surface area contributed by atoms with Gasteiger partial charge in [0.2, 0.25) is 5.91 Å². The molecule has 0 radical (unpaired) electrons.